The van der Waals surface area contributed by atoms with Crippen LogP contribution in [0.1, 0.15) is 22.8 Å². The summed E-state index contributed by atoms with van der Waals surface area (Å²) >= 11 is 1.30. The molecule has 1 heterocycles. The fourth-order valence-electron chi connectivity index (χ4n) is 2.57. The van der Waals surface area contributed by atoms with E-state index in [9.17, 15) is 4.79 Å². The molecule has 1 atom stereocenters. The Labute approximate surface area is 161 Å². The number of hydrogen-bond donors (Lipinski definition) is 0. The normalized spacial score (nSPS) is 11.9. The van der Waals surface area contributed by atoms with Crippen molar-refractivity contribution in [1.82, 2.24) is 20.2 Å². The van der Waals surface area contributed by atoms with Gasteiger partial charge in [-0.25, -0.2) is 0 Å². The molecule has 3 aromatic rings. The van der Waals surface area contributed by atoms with Crippen LogP contribution >= 0.6 is 11.8 Å². The number of carbonyl (C=O) groups is 1. The fraction of sp³-hybridized carbons (Fsp3) is 0.263. The number of benzene rings is 2. The molecule has 1 aromatic heterocycles. The highest BCUT2D eigenvalue weighted by Gasteiger charge is 2.21. The molecule has 0 amide bonds. The minimum atomic E-state index is -0.362. The second kappa shape index (κ2) is 8.22. The van der Waals surface area contributed by atoms with E-state index in [4.69, 9.17) is 9.47 Å². The Balaban J connectivity index is 1.84. The topological polar surface area (TPSA) is 79.1 Å². The first kappa shape index (κ1) is 18.9. The van der Waals surface area contributed by atoms with E-state index in [1.165, 1.54) is 11.8 Å². The second-order valence-electron chi connectivity index (χ2n) is 5.90. The van der Waals surface area contributed by atoms with Crippen molar-refractivity contribution in [1.29, 1.82) is 0 Å². The van der Waals surface area contributed by atoms with Gasteiger partial charge < -0.3 is 9.47 Å². The monoisotopic (exact) mass is 384 g/mol. The first-order valence-electron chi connectivity index (χ1n) is 8.31. The predicted octanol–water partition coefficient (Wildman–Crippen LogP) is 3.35. The molecule has 0 fully saturated rings. The summed E-state index contributed by atoms with van der Waals surface area (Å²) in [4.78, 5) is 12.7. The van der Waals surface area contributed by atoms with Gasteiger partial charge in [-0.15, -0.1) is 5.10 Å². The lowest BCUT2D eigenvalue weighted by atomic mass is 10.1. The molecule has 8 heteroatoms. The number of aryl methyl sites for hydroxylation is 1. The van der Waals surface area contributed by atoms with Crippen LogP contribution in [0.3, 0.4) is 0 Å². The molecule has 0 saturated carbocycles. The minimum absolute atomic E-state index is 0.00610. The van der Waals surface area contributed by atoms with Crippen molar-refractivity contribution in [2.45, 2.75) is 24.3 Å². The molecule has 0 aliphatic carbocycles. The van der Waals surface area contributed by atoms with Crippen LogP contribution in [0.4, 0.5) is 0 Å². The summed E-state index contributed by atoms with van der Waals surface area (Å²) in [7, 11) is 3.19. The van der Waals surface area contributed by atoms with Crippen LogP contribution in [0.15, 0.2) is 47.6 Å². The standard InChI is InChI=1S/C19H20N4O3S/c1-12-5-10-17(26-4)16(11-12)23-19(20-21-22-23)27-13(2)18(24)14-6-8-15(25-3)9-7-14/h5-11,13H,1-4H3/t13-/m0/s1. The van der Waals surface area contributed by atoms with Crippen LogP contribution in [0.5, 0.6) is 11.5 Å². The van der Waals surface area contributed by atoms with Gasteiger partial charge in [0.1, 0.15) is 17.2 Å². The first-order valence-corrected chi connectivity index (χ1v) is 9.19. The number of hydrogen-bond acceptors (Lipinski definition) is 7. The van der Waals surface area contributed by atoms with Gasteiger partial charge in [0.05, 0.1) is 19.5 Å². The summed E-state index contributed by atoms with van der Waals surface area (Å²) < 4.78 is 12.1. The molecule has 0 unspecified atom stereocenters. The van der Waals surface area contributed by atoms with Crippen molar-refractivity contribution in [3.63, 3.8) is 0 Å². The van der Waals surface area contributed by atoms with E-state index >= 15 is 0 Å². The number of nitrogens with zero attached hydrogens (tertiary/aromatic N) is 4. The zero-order valence-corrected chi connectivity index (χ0v) is 16.4. The summed E-state index contributed by atoms with van der Waals surface area (Å²) in [5.74, 6) is 1.36. The minimum Gasteiger partial charge on any atom is -0.497 e. The van der Waals surface area contributed by atoms with Gasteiger partial charge in [-0.05, 0) is 66.2 Å². The Morgan fingerprint density at radius 2 is 1.85 bits per heavy atom. The molecule has 0 bridgehead atoms. The lowest BCUT2D eigenvalue weighted by molar-refractivity contribution is 0.0994. The van der Waals surface area contributed by atoms with Gasteiger partial charge in [-0.2, -0.15) is 4.68 Å². The highest BCUT2D eigenvalue weighted by Crippen LogP contribution is 2.30. The van der Waals surface area contributed by atoms with Gasteiger partial charge in [0.25, 0.3) is 0 Å². The first-order chi connectivity index (χ1) is 13.0. The van der Waals surface area contributed by atoms with E-state index in [0.717, 1.165) is 11.3 Å². The van der Waals surface area contributed by atoms with E-state index in [-0.39, 0.29) is 11.0 Å². The van der Waals surface area contributed by atoms with Crippen LogP contribution in [-0.4, -0.2) is 45.5 Å². The molecule has 0 saturated heterocycles. The number of thioether (sulfide) groups is 1. The van der Waals surface area contributed by atoms with Gasteiger partial charge in [-0.3, -0.25) is 4.79 Å². The Bertz CT molecular complexity index is 940. The molecule has 7 nitrogen and oxygen atoms in total. The van der Waals surface area contributed by atoms with Crippen molar-refractivity contribution in [3.05, 3.63) is 53.6 Å². The summed E-state index contributed by atoms with van der Waals surface area (Å²) in [5.41, 5.74) is 2.40. The van der Waals surface area contributed by atoms with Crippen molar-refractivity contribution in [3.8, 4) is 17.2 Å². The van der Waals surface area contributed by atoms with Gasteiger partial charge in [0.2, 0.25) is 5.16 Å². The summed E-state index contributed by atoms with van der Waals surface area (Å²) in [6, 6.07) is 12.8. The van der Waals surface area contributed by atoms with Crippen molar-refractivity contribution in [2.24, 2.45) is 0 Å². The Hall–Kier alpha value is -2.87. The van der Waals surface area contributed by atoms with E-state index in [1.54, 1.807) is 43.2 Å². The largest absolute Gasteiger partial charge is 0.497 e. The highest BCUT2D eigenvalue weighted by atomic mass is 32.2. The van der Waals surface area contributed by atoms with Crippen LogP contribution in [-0.2, 0) is 0 Å². The zero-order chi connectivity index (χ0) is 19.4. The number of rotatable bonds is 7. The van der Waals surface area contributed by atoms with Gasteiger partial charge >= 0.3 is 0 Å². The summed E-state index contributed by atoms with van der Waals surface area (Å²) in [6.07, 6.45) is 0. The Kier molecular flexibility index (Phi) is 5.75. The Morgan fingerprint density at radius 3 is 2.52 bits per heavy atom. The van der Waals surface area contributed by atoms with Crippen LogP contribution in [0, 0.1) is 6.92 Å². The molecule has 27 heavy (non-hydrogen) atoms. The Morgan fingerprint density at radius 1 is 1.11 bits per heavy atom. The molecule has 0 N–H and O–H groups in total. The number of tetrazole rings is 1. The van der Waals surface area contributed by atoms with Gasteiger partial charge in [-0.1, -0.05) is 17.8 Å². The van der Waals surface area contributed by atoms with Crippen LogP contribution in [0.2, 0.25) is 0 Å². The quantitative estimate of drug-likeness (QED) is 0.456. The smallest absolute Gasteiger partial charge is 0.214 e. The third-order valence-electron chi connectivity index (χ3n) is 4.03. The molecule has 2 aromatic carbocycles. The van der Waals surface area contributed by atoms with Gasteiger partial charge in [0.15, 0.2) is 5.78 Å². The molecule has 3 rings (SSSR count). The number of carbonyl (C=O) groups excluding carboxylic acids is 1. The average Bonchev–Trinajstić information content (AvgIpc) is 3.15. The molecular weight excluding hydrogens is 364 g/mol. The summed E-state index contributed by atoms with van der Waals surface area (Å²) in [5, 5.41) is 12.1. The lowest BCUT2D eigenvalue weighted by Crippen LogP contribution is -2.15. The second-order valence-corrected chi connectivity index (χ2v) is 7.21. The molecule has 0 aliphatic heterocycles. The van der Waals surface area contributed by atoms with Crippen molar-refractivity contribution in [2.75, 3.05) is 14.2 Å². The number of Topliss-reactive ketones (excluding diaryl/α,β-unsaturated/α-hetero) is 1. The molecule has 0 aliphatic rings. The average molecular weight is 384 g/mol. The van der Waals surface area contributed by atoms with Gasteiger partial charge in [0, 0.05) is 5.56 Å². The fourth-order valence-corrected chi connectivity index (χ4v) is 3.45. The van der Waals surface area contributed by atoms with Crippen molar-refractivity contribution >= 4 is 17.5 Å². The molecule has 0 spiro atoms. The maximum atomic E-state index is 12.7. The van der Waals surface area contributed by atoms with Crippen LogP contribution in [0.25, 0.3) is 5.69 Å². The highest BCUT2D eigenvalue weighted by molar-refractivity contribution is 8.00. The lowest BCUT2D eigenvalue weighted by Gasteiger charge is -2.13. The van der Waals surface area contributed by atoms with E-state index in [0.29, 0.717) is 22.2 Å². The maximum Gasteiger partial charge on any atom is 0.214 e. The predicted molar refractivity (Wildman–Crippen MR) is 103 cm³/mol. The molecular formula is C19H20N4O3S. The van der Waals surface area contributed by atoms with Crippen molar-refractivity contribution < 1.29 is 14.3 Å². The maximum absolute atomic E-state index is 12.7. The zero-order valence-electron chi connectivity index (χ0n) is 15.5. The van der Waals surface area contributed by atoms with E-state index in [2.05, 4.69) is 15.5 Å². The molecule has 0 radical (unpaired) electrons. The van der Waals surface area contributed by atoms with E-state index < -0.39 is 0 Å². The SMILES string of the molecule is COc1ccc(C(=O)[C@H](C)Sc2nnnn2-c2cc(C)ccc2OC)cc1. The molecule has 140 valence electrons. The summed E-state index contributed by atoms with van der Waals surface area (Å²) in [6.45, 7) is 3.82. The van der Waals surface area contributed by atoms with E-state index in [1.807, 2.05) is 32.0 Å². The third-order valence-corrected chi connectivity index (χ3v) is 5.06. The third kappa shape index (κ3) is 4.11. The van der Waals surface area contributed by atoms with Crippen LogP contribution < -0.4 is 9.47 Å². The number of methoxy groups -OCH3 is 2. The number of aromatic nitrogens is 4. The number of ketones is 1. The number of ether oxygens (including phenoxy) is 2.